The Kier molecular flexibility index (Phi) is 3.78. The summed E-state index contributed by atoms with van der Waals surface area (Å²) in [6.07, 6.45) is 5.37. The van der Waals surface area contributed by atoms with Crippen molar-refractivity contribution < 1.29 is 14.6 Å². The Hall–Kier alpha value is -1.36. The first-order chi connectivity index (χ1) is 8.22. The molecule has 17 heavy (non-hydrogen) atoms. The van der Waals surface area contributed by atoms with Gasteiger partial charge in [-0.1, -0.05) is 0 Å². The molecule has 1 N–H and O–H groups in total. The number of methoxy groups -OCH3 is 1. The zero-order valence-electron chi connectivity index (χ0n) is 10.1. The van der Waals surface area contributed by atoms with E-state index >= 15 is 0 Å². The van der Waals surface area contributed by atoms with E-state index in [2.05, 4.69) is 4.98 Å². The monoisotopic (exact) mass is 238 g/mol. The summed E-state index contributed by atoms with van der Waals surface area (Å²) in [5.74, 6) is -0.476. The van der Waals surface area contributed by atoms with Crippen LogP contribution in [0.2, 0.25) is 0 Å². The van der Waals surface area contributed by atoms with Crippen molar-refractivity contribution in [2.24, 2.45) is 0 Å². The molecular weight excluding hydrogens is 220 g/mol. The first-order valence-electron chi connectivity index (χ1n) is 6.00. The fourth-order valence-corrected chi connectivity index (χ4v) is 2.29. The highest BCUT2D eigenvalue weighted by Gasteiger charge is 2.28. The minimum absolute atomic E-state index is 0.431. The summed E-state index contributed by atoms with van der Waals surface area (Å²) in [6.45, 7) is 1.60. The van der Waals surface area contributed by atoms with E-state index in [1.807, 2.05) is 10.8 Å². The van der Waals surface area contributed by atoms with Crippen molar-refractivity contribution in [3.8, 4) is 0 Å². The number of hydrogen-bond donors (Lipinski definition) is 1. The number of fused-ring (bicyclic) bond motifs is 1. The number of nitrogens with zero attached hydrogens (tertiary/aromatic N) is 2. The van der Waals surface area contributed by atoms with Gasteiger partial charge in [0.15, 0.2) is 0 Å². The lowest BCUT2D eigenvalue weighted by molar-refractivity contribution is -0.139. The van der Waals surface area contributed by atoms with Crippen LogP contribution in [-0.2, 0) is 22.5 Å². The number of aromatic nitrogens is 2. The second-order valence-corrected chi connectivity index (χ2v) is 4.41. The lowest BCUT2D eigenvalue weighted by Gasteiger charge is -2.19. The van der Waals surface area contributed by atoms with Crippen molar-refractivity contribution in [2.75, 3.05) is 13.7 Å². The van der Waals surface area contributed by atoms with E-state index in [1.54, 1.807) is 7.11 Å². The van der Waals surface area contributed by atoms with Crippen molar-refractivity contribution in [1.29, 1.82) is 0 Å². The second-order valence-electron chi connectivity index (χ2n) is 4.41. The third kappa shape index (κ3) is 2.66. The highest BCUT2D eigenvalue weighted by molar-refractivity contribution is 5.75. The van der Waals surface area contributed by atoms with Crippen molar-refractivity contribution in [3.63, 3.8) is 0 Å². The predicted octanol–water partition coefficient (Wildman–Crippen LogP) is 1.42. The summed E-state index contributed by atoms with van der Waals surface area (Å²) in [7, 11) is 1.68. The number of imidazole rings is 1. The second kappa shape index (κ2) is 5.31. The van der Waals surface area contributed by atoms with E-state index in [9.17, 15) is 4.79 Å². The SMILES string of the molecule is COCCCc1cn2c(n1)C(C(=O)O)CCC2. The Balaban J connectivity index is 2.10. The van der Waals surface area contributed by atoms with Crippen molar-refractivity contribution in [2.45, 2.75) is 38.1 Å². The van der Waals surface area contributed by atoms with Gasteiger partial charge >= 0.3 is 5.97 Å². The van der Waals surface area contributed by atoms with Crippen LogP contribution in [0.4, 0.5) is 0 Å². The van der Waals surface area contributed by atoms with Crippen LogP contribution in [0.25, 0.3) is 0 Å². The molecule has 0 aliphatic carbocycles. The molecule has 0 radical (unpaired) electrons. The smallest absolute Gasteiger partial charge is 0.314 e. The van der Waals surface area contributed by atoms with E-state index in [-0.39, 0.29) is 0 Å². The molecule has 1 aliphatic rings. The number of carbonyl (C=O) groups is 1. The number of ether oxygens (including phenoxy) is 1. The predicted molar refractivity (Wildman–Crippen MR) is 62.0 cm³/mol. The molecule has 0 aromatic carbocycles. The topological polar surface area (TPSA) is 64.4 Å². The normalized spacial score (nSPS) is 19.0. The number of carboxylic acid groups (broad SMARTS) is 1. The van der Waals surface area contributed by atoms with Crippen LogP contribution >= 0.6 is 0 Å². The van der Waals surface area contributed by atoms with Gasteiger partial charge < -0.3 is 14.4 Å². The minimum atomic E-state index is -0.764. The zero-order valence-corrected chi connectivity index (χ0v) is 10.1. The molecule has 1 atom stereocenters. The molecule has 1 unspecified atom stereocenters. The minimum Gasteiger partial charge on any atom is -0.481 e. The average molecular weight is 238 g/mol. The van der Waals surface area contributed by atoms with Gasteiger partial charge in [-0.05, 0) is 25.7 Å². The van der Waals surface area contributed by atoms with Crippen LogP contribution in [0.15, 0.2) is 6.20 Å². The molecule has 0 saturated carbocycles. The number of hydrogen-bond acceptors (Lipinski definition) is 3. The third-order valence-electron chi connectivity index (χ3n) is 3.14. The van der Waals surface area contributed by atoms with Crippen LogP contribution in [0.1, 0.15) is 36.7 Å². The van der Waals surface area contributed by atoms with E-state index in [0.717, 1.165) is 37.3 Å². The Morgan fingerprint density at radius 3 is 3.24 bits per heavy atom. The van der Waals surface area contributed by atoms with E-state index in [1.165, 1.54) is 0 Å². The third-order valence-corrected chi connectivity index (χ3v) is 3.14. The molecular formula is C12H18N2O3. The maximum atomic E-state index is 11.1. The standard InChI is InChI=1S/C12H18N2O3/c1-17-7-3-4-9-8-14-6-2-5-10(12(15)16)11(14)13-9/h8,10H,2-7H2,1H3,(H,15,16). The van der Waals surface area contributed by atoms with Crippen LogP contribution in [0, 0.1) is 0 Å². The molecule has 0 fully saturated rings. The number of aryl methyl sites for hydroxylation is 2. The van der Waals surface area contributed by atoms with Gasteiger partial charge in [0, 0.05) is 26.5 Å². The van der Waals surface area contributed by atoms with E-state index in [0.29, 0.717) is 13.0 Å². The molecule has 5 heteroatoms. The van der Waals surface area contributed by atoms with Gasteiger partial charge in [0.1, 0.15) is 11.7 Å². The van der Waals surface area contributed by atoms with E-state index in [4.69, 9.17) is 9.84 Å². The van der Waals surface area contributed by atoms with Gasteiger partial charge in [0.05, 0.1) is 5.69 Å². The molecule has 0 amide bonds. The summed E-state index contributed by atoms with van der Waals surface area (Å²) < 4.78 is 6.99. The lowest BCUT2D eigenvalue weighted by atomic mass is 9.99. The zero-order chi connectivity index (χ0) is 12.3. The van der Waals surface area contributed by atoms with E-state index < -0.39 is 11.9 Å². The number of carboxylic acids is 1. The quantitative estimate of drug-likeness (QED) is 0.788. The maximum Gasteiger partial charge on any atom is 0.314 e. The molecule has 0 spiro atoms. The lowest BCUT2D eigenvalue weighted by Crippen LogP contribution is -2.21. The average Bonchev–Trinajstić information content (AvgIpc) is 2.71. The van der Waals surface area contributed by atoms with Gasteiger partial charge in [-0.3, -0.25) is 4.79 Å². The molecule has 1 aromatic heterocycles. The molecule has 1 aliphatic heterocycles. The number of rotatable bonds is 5. The first-order valence-corrected chi connectivity index (χ1v) is 6.00. The number of aliphatic carboxylic acids is 1. The summed E-state index contributed by atoms with van der Waals surface area (Å²) >= 11 is 0. The molecule has 0 bridgehead atoms. The summed E-state index contributed by atoms with van der Waals surface area (Å²) in [4.78, 5) is 15.6. The van der Waals surface area contributed by atoms with Crippen LogP contribution < -0.4 is 0 Å². The fraction of sp³-hybridized carbons (Fsp3) is 0.667. The summed E-state index contributed by atoms with van der Waals surface area (Å²) in [5.41, 5.74) is 0.977. The van der Waals surface area contributed by atoms with Crippen molar-refractivity contribution >= 4 is 5.97 Å². The summed E-state index contributed by atoms with van der Waals surface area (Å²) in [5, 5.41) is 9.14. The van der Waals surface area contributed by atoms with Gasteiger partial charge in [0.25, 0.3) is 0 Å². The summed E-state index contributed by atoms with van der Waals surface area (Å²) in [6, 6.07) is 0. The first kappa shape index (κ1) is 12.1. The van der Waals surface area contributed by atoms with Crippen molar-refractivity contribution in [1.82, 2.24) is 9.55 Å². The van der Waals surface area contributed by atoms with Gasteiger partial charge in [0.2, 0.25) is 0 Å². The van der Waals surface area contributed by atoms with Crippen LogP contribution in [0.5, 0.6) is 0 Å². The molecule has 1 aromatic rings. The van der Waals surface area contributed by atoms with Crippen LogP contribution in [-0.4, -0.2) is 34.3 Å². The van der Waals surface area contributed by atoms with Gasteiger partial charge in [-0.25, -0.2) is 4.98 Å². The highest BCUT2D eigenvalue weighted by Crippen LogP contribution is 2.27. The Labute approximate surface area is 100 Å². The largest absolute Gasteiger partial charge is 0.481 e. The Morgan fingerprint density at radius 1 is 1.71 bits per heavy atom. The Bertz CT molecular complexity index is 400. The molecule has 2 heterocycles. The molecule has 94 valence electrons. The van der Waals surface area contributed by atoms with Gasteiger partial charge in [-0.15, -0.1) is 0 Å². The molecule has 5 nitrogen and oxygen atoms in total. The highest BCUT2D eigenvalue weighted by atomic mass is 16.5. The Morgan fingerprint density at radius 2 is 2.53 bits per heavy atom. The maximum absolute atomic E-state index is 11.1. The van der Waals surface area contributed by atoms with Crippen LogP contribution in [0.3, 0.4) is 0 Å². The van der Waals surface area contributed by atoms with Crippen molar-refractivity contribution in [3.05, 3.63) is 17.7 Å². The molecule has 0 saturated heterocycles. The molecule has 2 rings (SSSR count). The van der Waals surface area contributed by atoms with Gasteiger partial charge in [-0.2, -0.15) is 0 Å². The fourth-order valence-electron chi connectivity index (χ4n) is 2.29.